The molecule has 0 radical (unpaired) electrons. The molecule has 0 N–H and O–H groups in total. The third-order valence-corrected chi connectivity index (χ3v) is 29.8. The predicted octanol–water partition coefficient (Wildman–Crippen LogP) is 21.1. The molecule has 0 bridgehead atoms. The maximum absolute atomic E-state index is 1.71. The van der Waals surface area contributed by atoms with Crippen molar-refractivity contribution >= 4 is 0 Å². The molecule has 0 amide bonds. The maximum atomic E-state index is 1.71. The van der Waals surface area contributed by atoms with Crippen molar-refractivity contribution in [2.75, 3.05) is 0 Å². The second kappa shape index (κ2) is 22.6. The molecule has 14 saturated carbocycles. The summed E-state index contributed by atoms with van der Waals surface area (Å²) >= 11 is 0. The lowest BCUT2D eigenvalue weighted by Crippen LogP contribution is -2.60. The van der Waals surface area contributed by atoms with Gasteiger partial charge in [0.25, 0.3) is 0 Å². The lowest BCUT2D eigenvalue weighted by Gasteiger charge is -2.66. The Balaban J connectivity index is 0.725. The highest BCUT2D eigenvalue weighted by atomic mass is 14.7. The Morgan fingerprint density at radius 3 is 0.583 bits per heavy atom. The van der Waals surface area contributed by atoms with E-state index in [9.17, 15) is 0 Å². The summed E-state index contributed by atoms with van der Waals surface area (Å²) in [7, 11) is 0. The molecule has 0 aromatic carbocycles. The molecule has 18 atom stereocenters. The SMILES string of the molecule is C1CCC(C2CC3CCC(C4C5CCCCC5C(C5C6CCCCC6C(C6CCC7CC(C8CCCCC8)C(C8CCCCC8)CC7C6)C6CCCCC65)C5CCCCC54)CC3CC2C2CCCCC2)CC1. The van der Waals surface area contributed by atoms with Crippen LogP contribution in [-0.2, 0) is 0 Å². The third kappa shape index (κ3) is 9.63. The van der Waals surface area contributed by atoms with Crippen molar-refractivity contribution < 1.29 is 0 Å². The first-order valence-electron chi connectivity index (χ1n) is 35.7. The number of rotatable bonds is 7. The fraction of sp³-hybridized carbons (Fsp3) is 1.00. The summed E-state index contributed by atoms with van der Waals surface area (Å²) in [5.41, 5.74) is 0. The average Bonchev–Trinajstić information content (AvgIpc) is 3.46. The molecule has 72 heavy (non-hydrogen) atoms. The van der Waals surface area contributed by atoms with Crippen LogP contribution in [0.25, 0.3) is 0 Å². The van der Waals surface area contributed by atoms with Crippen LogP contribution in [0.4, 0.5) is 0 Å². The molecule has 406 valence electrons. The summed E-state index contributed by atoms with van der Waals surface area (Å²) in [6.45, 7) is 0. The van der Waals surface area contributed by atoms with Crippen molar-refractivity contribution in [2.45, 2.75) is 295 Å². The Morgan fingerprint density at radius 2 is 0.319 bits per heavy atom. The van der Waals surface area contributed by atoms with Crippen molar-refractivity contribution in [3.8, 4) is 0 Å². The van der Waals surface area contributed by atoms with Gasteiger partial charge in [0.05, 0.1) is 0 Å². The van der Waals surface area contributed by atoms with Crippen LogP contribution in [0.2, 0.25) is 0 Å². The van der Waals surface area contributed by atoms with Crippen LogP contribution in [0, 0.1) is 154 Å². The van der Waals surface area contributed by atoms with Crippen LogP contribution in [0.15, 0.2) is 0 Å². The molecule has 0 heteroatoms. The van der Waals surface area contributed by atoms with Gasteiger partial charge in [0.1, 0.15) is 0 Å². The number of hydrogen-bond acceptors (Lipinski definition) is 0. The number of fused-ring (bicyclic) bond motifs is 6. The summed E-state index contributed by atoms with van der Waals surface area (Å²) < 4.78 is 0. The second-order valence-corrected chi connectivity index (χ2v) is 32.1. The first-order valence-corrected chi connectivity index (χ1v) is 35.7. The molecule has 14 rings (SSSR count). The molecular weight excluding hydrogens is 865 g/mol. The maximum Gasteiger partial charge on any atom is -0.0318 e. The molecule has 14 aliphatic rings. The lowest BCUT2D eigenvalue weighted by atomic mass is 9.39. The Kier molecular flexibility index (Phi) is 15.8. The van der Waals surface area contributed by atoms with Crippen molar-refractivity contribution in [3.05, 3.63) is 0 Å². The average molecular weight is 984 g/mol. The molecule has 14 aliphatic carbocycles. The summed E-state index contributed by atoms with van der Waals surface area (Å²) in [6.07, 6.45) is 74.6. The molecule has 18 unspecified atom stereocenters. The lowest BCUT2D eigenvalue weighted by molar-refractivity contribution is -0.177. The Hall–Kier alpha value is 0. The highest BCUT2D eigenvalue weighted by molar-refractivity contribution is 5.11. The smallest absolute Gasteiger partial charge is 0.0318 e. The van der Waals surface area contributed by atoms with E-state index in [1.54, 1.807) is 295 Å². The van der Waals surface area contributed by atoms with Gasteiger partial charge in [-0.15, -0.1) is 0 Å². The standard InChI is InChI=1S/C72H118/c1-5-21-47(22-6-1)65-43-51-37-39-53(41-55(51)45-67(65)49-25-9-3-10-26-49)69-57-29-13-17-33-61(57)71(62-34-18-14-30-58(62)69)72-63-35-19-15-31-59(63)70(60-32-16-20-36-64(60)72)54-40-38-52-44-66(48-23-7-2-8-24-48)68(46-56(52)42-54)50-27-11-4-12-28-50/h47-72H,1-46H2. The largest absolute Gasteiger partial charge is 0.0533 e. The van der Waals surface area contributed by atoms with Gasteiger partial charge in [0, 0.05) is 0 Å². The van der Waals surface area contributed by atoms with Crippen LogP contribution in [-0.4, -0.2) is 0 Å². The molecule has 0 nitrogen and oxygen atoms in total. The van der Waals surface area contributed by atoms with Gasteiger partial charge in [-0.1, -0.05) is 180 Å². The van der Waals surface area contributed by atoms with E-state index < -0.39 is 0 Å². The predicted molar refractivity (Wildman–Crippen MR) is 303 cm³/mol. The van der Waals surface area contributed by atoms with Gasteiger partial charge in [-0.05, 0) is 269 Å². The van der Waals surface area contributed by atoms with Gasteiger partial charge in [-0.2, -0.15) is 0 Å². The zero-order valence-corrected chi connectivity index (χ0v) is 47.5. The first kappa shape index (κ1) is 50.2. The molecule has 14 fully saturated rings. The molecule has 0 aromatic rings. The van der Waals surface area contributed by atoms with Gasteiger partial charge in [0.15, 0.2) is 0 Å². The summed E-state index contributed by atoms with van der Waals surface area (Å²) in [5, 5.41) is 0. The minimum absolute atomic E-state index is 1.10. The van der Waals surface area contributed by atoms with E-state index in [0.717, 1.165) is 154 Å². The fourth-order valence-corrected chi connectivity index (χ4v) is 27.5. The van der Waals surface area contributed by atoms with E-state index >= 15 is 0 Å². The van der Waals surface area contributed by atoms with Crippen LogP contribution in [0.3, 0.4) is 0 Å². The first-order chi connectivity index (χ1) is 35.7. The van der Waals surface area contributed by atoms with Crippen LogP contribution >= 0.6 is 0 Å². The molecule has 0 spiro atoms. The van der Waals surface area contributed by atoms with Gasteiger partial charge in [-0.3, -0.25) is 0 Å². The van der Waals surface area contributed by atoms with Gasteiger partial charge in [0.2, 0.25) is 0 Å². The molecule has 0 saturated heterocycles. The summed E-state index contributed by atoms with van der Waals surface area (Å²) in [4.78, 5) is 0. The van der Waals surface area contributed by atoms with E-state index in [1.807, 2.05) is 0 Å². The van der Waals surface area contributed by atoms with Crippen LogP contribution < -0.4 is 0 Å². The van der Waals surface area contributed by atoms with E-state index in [1.165, 1.54) is 0 Å². The fourth-order valence-electron chi connectivity index (χ4n) is 27.5. The number of hydrogen-bond donors (Lipinski definition) is 0. The molecule has 0 heterocycles. The minimum Gasteiger partial charge on any atom is -0.0533 e. The van der Waals surface area contributed by atoms with E-state index in [4.69, 9.17) is 0 Å². The minimum atomic E-state index is 1.10. The zero-order valence-electron chi connectivity index (χ0n) is 47.5. The monoisotopic (exact) mass is 983 g/mol. The quantitative estimate of drug-likeness (QED) is 0.238. The van der Waals surface area contributed by atoms with Gasteiger partial charge >= 0.3 is 0 Å². The zero-order chi connectivity index (χ0) is 47.5. The Morgan fingerprint density at radius 1 is 0.111 bits per heavy atom. The molecular formula is C72H118. The second-order valence-electron chi connectivity index (χ2n) is 32.1. The van der Waals surface area contributed by atoms with E-state index in [-0.39, 0.29) is 0 Å². The van der Waals surface area contributed by atoms with Crippen molar-refractivity contribution in [1.29, 1.82) is 0 Å². The summed E-state index contributed by atoms with van der Waals surface area (Å²) in [5.74, 6) is 29.0. The topological polar surface area (TPSA) is 0 Å². The highest BCUT2D eigenvalue weighted by Gasteiger charge is 2.62. The van der Waals surface area contributed by atoms with Crippen molar-refractivity contribution in [1.82, 2.24) is 0 Å². The molecule has 0 aromatic heterocycles. The van der Waals surface area contributed by atoms with Gasteiger partial charge in [-0.25, -0.2) is 0 Å². The van der Waals surface area contributed by atoms with Crippen LogP contribution in [0.1, 0.15) is 295 Å². The van der Waals surface area contributed by atoms with Gasteiger partial charge < -0.3 is 0 Å². The summed E-state index contributed by atoms with van der Waals surface area (Å²) in [6, 6.07) is 0. The van der Waals surface area contributed by atoms with Crippen LogP contribution in [0.5, 0.6) is 0 Å². The Labute approximate surface area is 447 Å². The van der Waals surface area contributed by atoms with E-state index in [2.05, 4.69) is 0 Å². The Bertz CT molecular complexity index is 1530. The highest BCUT2D eigenvalue weighted by Crippen LogP contribution is 2.70. The normalized spacial score (nSPS) is 51.3. The molecule has 0 aliphatic heterocycles. The van der Waals surface area contributed by atoms with Crippen molar-refractivity contribution in [3.63, 3.8) is 0 Å². The third-order valence-electron chi connectivity index (χ3n) is 29.8. The van der Waals surface area contributed by atoms with Crippen molar-refractivity contribution in [2.24, 2.45) is 154 Å². The van der Waals surface area contributed by atoms with E-state index in [0.29, 0.717) is 0 Å².